The van der Waals surface area contributed by atoms with Crippen molar-refractivity contribution in [2.45, 2.75) is 58.5 Å². The summed E-state index contributed by atoms with van der Waals surface area (Å²) in [6.07, 6.45) is 3.28. The van der Waals surface area contributed by atoms with E-state index in [9.17, 15) is 13.2 Å². The highest BCUT2D eigenvalue weighted by molar-refractivity contribution is 7.92. The van der Waals surface area contributed by atoms with Gasteiger partial charge in [-0.15, -0.1) is 4.68 Å². The molecule has 1 N–H and O–H groups in total. The number of benzene rings is 2. The van der Waals surface area contributed by atoms with Crippen LogP contribution in [0.4, 0.5) is 14.9 Å². The molecule has 1 fully saturated rings. The normalized spacial score (nSPS) is 14.3. The van der Waals surface area contributed by atoms with Gasteiger partial charge in [0.25, 0.3) is 0 Å². The number of carbonyl (C=O) groups excluding carboxylic acids is 1. The minimum atomic E-state index is -3.62. The summed E-state index contributed by atoms with van der Waals surface area (Å²) in [4.78, 5) is 17.6. The van der Waals surface area contributed by atoms with Gasteiger partial charge in [0.05, 0.1) is 28.4 Å². The molecular weight excluding hydrogens is 531 g/mol. The maximum absolute atomic E-state index is 15.1. The number of nitrogens with zero attached hydrogens (tertiary/aromatic N) is 3. The fourth-order valence-electron chi connectivity index (χ4n) is 4.45. The van der Waals surface area contributed by atoms with E-state index in [0.717, 1.165) is 29.3 Å². The topological polar surface area (TPSA) is 103 Å². The van der Waals surface area contributed by atoms with Crippen molar-refractivity contribution in [2.24, 2.45) is 0 Å². The first-order valence-corrected chi connectivity index (χ1v) is 14.4. The Morgan fingerprint density at radius 2 is 1.92 bits per heavy atom. The van der Waals surface area contributed by atoms with Crippen LogP contribution in [0.5, 0.6) is 0 Å². The monoisotopic (exact) mass is 558 g/mol. The first-order chi connectivity index (χ1) is 17.9. The molecule has 38 heavy (non-hydrogen) atoms. The van der Waals surface area contributed by atoms with E-state index in [0.29, 0.717) is 23.0 Å². The van der Waals surface area contributed by atoms with Gasteiger partial charge in [-0.3, -0.25) is 4.72 Å². The maximum atomic E-state index is 15.1. The van der Waals surface area contributed by atoms with E-state index in [1.54, 1.807) is 40.0 Å². The molecule has 0 atom stereocenters. The Balaban J connectivity index is 1.65. The molecule has 1 aliphatic rings. The molecule has 0 aliphatic heterocycles. The average molecular weight is 559 g/mol. The van der Waals surface area contributed by atoms with Crippen LogP contribution in [-0.2, 0) is 14.8 Å². The predicted molar refractivity (Wildman–Crippen MR) is 147 cm³/mol. The number of fused-ring (bicyclic) bond motifs is 3. The zero-order chi connectivity index (χ0) is 27.4. The molecule has 0 spiro atoms. The second kappa shape index (κ2) is 9.50. The number of sulfonamides is 1. The first kappa shape index (κ1) is 26.4. The van der Waals surface area contributed by atoms with Crippen molar-refractivity contribution in [1.29, 1.82) is 0 Å². The largest absolute Gasteiger partial charge is 0.442 e. The molecule has 11 heteroatoms. The Hall–Kier alpha value is -3.24. The summed E-state index contributed by atoms with van der Waals surface area (Å²) in [6, 6.07) is 7.88. The van der Waals surface area contributed by atoms with Gasteiger partial charge in [-0.2, -0.15) is 5.10 Å². The molecule has 2 aromatic carbocycles. The summed E-state index contributed by atoms with van der Waals surface area (Å²) in [5.74, 6) is -0.450. The lowest BCUT2D eigenvalue weighted by Gasteiger charge is -2.19. The summed E-state index contributed by atoms with van der Waals surface area (Å²) in [5, 5.41) is 6.50. The van der Waals surface area contributed by atoms with Crippen molar-refractivity contribution >= 4 is 55.2 Å². The summed E-state index contributed by atoms with van der Waals surface area (Å²) >= 11 is 6.56. The van der Waals surface area contributed by atoms with Crippen LogP contribution in [0.25, 0.3) is 32.9 Å². The first-order valence-electron chi connectivity index (χ1n) is 12.4. The van der Waals surface area contributed by atoms with Crippen LogP contribution >= 0.6 is 11.6 Å². The van der Waals surface area contributed by atoms with Gasteiger partial charge >= 0.3 is 6.09 Å². The van der Waals surface area contributed by atoms with E-state index < -0.39 is 27.5 Å². The predicted octanol–water partition coefficient (Wildman–Crippen LogP) is 6.86. The number of ether oxygens (including phenoxy) is 1. The van der Waals surface area contributed by atoms with Gasteiger partial charge in [-0.1, -0.05) is 30.7 Å². The molecule has 200 valence electrons. The highest BCUT2D eigenvalue weighted by Gasteiger charge is 2.30. The third kappa shape index (κ3) is 5.07. The highest BCUT2D eigenvalue weighted by atomic mass is 35.5. The van der Waals surface area contributed by atoms with Crippen LogP contribution in [0, 0.1) is 5.82 Å². The molecule has 8 nitrogen and oxygen atoms in total. The number of rotatable bonds is 6. The molecule has 0 radical (unpaired) electrons. The number of carbonyl (C=O) groups is 1. The van der Waals surface area contributed by atoms with Crippen LogP contribution in [0.3, 0.4) is 0 Å². The summed E-state index contributed by atoms with van der Waals surface area (Å²) in [5.41, 5.74) is 1.19. The van der Waals surface area contributed by atoms with E-state index in [1.807, 2.05) is 12.1 Å². The van der Waals surface area contributed by atoms with Crippen molar-refractivity contribution in [1.82, 2.24) is 14.8 Å². The van der Waals surface area contributed by atoms with Gasteiger partial charge in [0.15, 0.2) is 5.65 Å². The van der Waals surface area contributed by atoms with E-state index in [-0.39, 0.29) is 27.9 Å². The van der Waals surface area contributed by atoms with Crippen molar-refractivity contribution < 1.29 is 22.3 Å². The van der Waals surface area contributed by atoms with Crippen molar-refractivity contribution in [2.75, 3.05) is 10.5 Å². The van der Waals surface area contributed by atoms with Crippen LogP contribution in [0.1, 0.15) is 58.6 Å². The minimum absolute atomic E-state index is 0.0243. The van der Waals surface area contributed by atoms with E-state index >= 15 is 4.39 Å². The maximum Gasteiger partial charge on any atom is 0.437 e. The van der Waals surface area contributed by atoms with Crippen LogP contribution in [0.2, 0.25) is 5.02 Å². The van der Waals surface area contributed by atoms with Gasteiger partial charge in [-0.05, 0) is 69.2 Å². The Kier molecular flexibility index (Phi) is 6.59. The highest BCUT2D eigenvalue weighted by Crippen LogP contribution is 2.45. The molecular formula is C27H28ClFN4O4S. The number of hydrogen-bond donors (Lipinski definition) is 1. The molecule has 5 rings (SSSR count). The average Bonchev–Trinajstić information content (AvgIpc) is 3.57. The smallest absolute Gasteiger partial charge is 0.437 e. The summed E-state index contributed by atoms with van der Waals surface area (Å²) in [7, 11) is -3.62. The minimum Gasteiger partial charge on any atom is -0.442 e. The van der Waals surface area contributed by atoms with E-state index in [4.69, 9.17) is 21.3 Å². The Labute approximate surface area is 225 Å². The molecule has 0 unspecified atom stereocenters. The van der Waals surface area contributed by atoms with Gasteiger partial charge in [0.2, 0.25) is 10.0 Å². The quantitative estimate of drug-likeness (QED) is 0.277. The Morgan fingerprint density at radius 3 is 2.58 bits per heavy atom. The van der Waals surface area contributed by atoms with Gasteiger partial charge in [-0.25, -0.2) is 22.6 Å². The lowest BCUT2D eigenvalue weighted by atomic mass is 9.97. The van der Waals surface area contributed by atoms with Crippen LogP contribution < -0.4 is 4.72 Å². The number of hydrogen-bond acceptors (Lipinski definition) is 6. The number of aromatic nitrogens is 3. The second-order valence-corrected chi connectivity index (χ2v) is 12.7. The molecule has 4 aromatic rings. The zero-order valence-electron chi connectivity index (χ0n) is 21.5. The fourth-order valence-corrected chi connectivity index (χ4v) is 5.96. The Morgan fingerprint density at radius 1 is 1.18 bits per heavy atom. The van der Waals surface area contributed by atoms with E-state index in [1.165, 1.54) is 16.8 Å². The third-order valence-corrected chi connectivity index (χ3v) is 8.07. The SMILES string of the molecule is CCCS(=O)(=O)Nc1ccc(F)c(-c2ccc3c(c2)c(C2CC2)nc2c3cnn2C(=O)OC(C)(C)C)c1Cl. The number of anilines is 1. The molecule has 1 aliphatic carbocycles. The lowest BCUT2D eigenvalue weighted by molar-refractivity contribution is 0.0521. The lowest BCUT2D eigenvalue weighted by Crippen LogP contribution is -2.27. The number of pyridine rings is 1. The zero-order valence-corrected chi connectivity index (χ0v) is 23.1. The molecule has 2 heterocycles. The summed E-state index contributed by atoms with van der Waals surface area (Å²) in [6.45, 7) is 7.10. The molecule has 2 aromatic heterocycles. The second-order valence-electron chi connectivity index (χ2n) is 10.5. The standard InChI is InChI=1S/C27H28ClFN4O4S/c1-5-12-38(35,36)32-21-11-10-20(29)22(23(21)28)16-8-9-17-18(13-16)24(15-6-7-15)31-25-19(17)14-30-33(25)26(34)37-27(2,3)4/h8-11,13-15,32H,5-7,12H2,1-4H3. The molecule has 0 bridgehead atoms. The Bertz CT molecular complexity index is 1690. The third-order valence-electron chi connectivity index (χ3n) is 6.20. The van der Waals surface area contributed by atoms with Crippen molar-refractivity contribution in [3.63, 3.8) is 0 Å². The summed E-state index contributed by atoms with van der Waals surface area (Å²) < 4.78 is 48.9. The van der Waals surface area contributed by atoms with Gasteiger partial charge < -0.3 is 4.74 Å². The molecule has 0 saturated heterocycles. The number of nitrogens with one attached hydrogen (secondary N) is 1. The molecule has 0 amide bonds. The fraction of sp³-hybridized carbons (Fsp3) is 0.370. The van der Waals surface area contributed by atoms with Crippen LogP contribution in [0.15, 0.2) is 36.5 Å². The molecule has 1 saturated carbocycles. The number of halogens is 2. The van der Waals surface area contributed by atoms with Crippen LogP contribution in [-0.4, -0.2) is 40.6 Å². The van der Waals surface area contributed by atoms with Gasteiger partial charge in [0, 0.05) is 22.3 Å². The van der Waals surface area contributed by atoms with Crippen molar-refractivity contribution in [3.05, 3.63) is 53.1 Å². The van der Waals surface area contributed by atoms with Crippen molar-refractivity contribution in [3.8, 4) is 11.1 Å². The van der Waals surface area contributed by atoms with E-state index in [2.05, 4.69) is 9.82 Å². The van der Waals surface area contributed by atoms with Gasteiger partial charge in [0.1, 0.15) is 11.4 Å².